The van der Waals surface area contributed by atoms with Gasteiger partial charge in [0.1, 0.15) is 0 Å². The summed E-state index contributed by atoms with van der Waals surface area (Å²) < 4.78 is 26.0. The van der Waals surface area contributed by atoms with E-state index in [2.05, 4.69) is 15.0 Å². The number of carbonyl (C=O) groups is 1. The molecule has 112 valence electrons. The summed E-state index contributed by atoms with van der Waals surface area (Å²) in [5.41, 5.74) is -0.378. The number of rotatable bonds is 7. The Morgan fingerprint density at radius 3 is 2.60 bits per heavy atom. The summed E-state index contributed by atoms with van der Waals surface area (Å²) in [6.45, 7) is 4.51. The quantitative estimate of drug-likeness (QED) is 0.649. The highest BCUT2D eigenvalue weighted by molar-refractivity contribution is 7.89. The Labute approximate surface area is 117 Å². The van der Waals surface area contributed by atoms with Crippen LogP contribution in [0.2, 0.25) is 0 Å². The predicted octanol–water partition coefficient (Wildman–Crippen LogP) is -0.184. The molecule has 0 saturated carbocycles. The number of hydrogen-bond acceptors (Lipinski definition) is 4. The van der Waals surface area contributed by atoms with Crippen LogP contribution in [-0.2, 0) is 14.8 Å². The van der Waals surface area contributed by atoms with Crippen LogP contribution in [0.1, 0.15) is 20.3 Å². The fourth-order valence-electron chi connectivity index (χ4n) is 1.35. The first-order valence-corrected chi connectivity index (χ1v) is 7.74. The molecule has 0 aromatic carbocycles. The standard InChI is InChI=1S/C12H19N3O4S/c1-9(2)7-13-12(17)5-6-15-20(18,19)10-3-4-11(16)14-8-10/h3-4,8-9,15H,5-7H2,1-2H3,(H,13,17)(H,14,16). The van der Waals surface area contributed by atoms with Gasteiger partial charge >= 0.3 is 0 Å². The number of pyridine rings is 1. The minimum absolute atomic E-state index is 0.00535. The van der Waals surface area contributed by atoms with Gasteiger partial charge in [-0.3, -0.25) is 9.59 Å². The highest BCUT2D eigenvalue weighted by atomic mass is 32.2. The van der Waals surface area contributed by atoms with Gasteiger partial charge in [-0.1, -0.05) is 13.8 Å². The van der Waals surface area contributed by atoms with Gasteiger partial charge < -0.3 is 10.3 Å². The summed E-state index contributed by atoms with van der Waals surface area (Å²) in [4.78, 5) is 24.5. The largest absolute Gasteiger partial charge is 0.356 e. The average molecular weight is 301 g/mol. The predicted molar refractivity (Wildman–Crippen MR) is 74.7 cm³/mol. The lowest BCUT2D eigenvalue weighted by Gasteiger charge is -2.08. The second-order valence-corrected chi connectivity index (χ2v) is 6.50. The first-order valence-electron chi connectivity index (χ1n) is 6.26. The van der Waals surface area contributed by atoms with Gasteiger partial charge in [0.05, 0.1) is 4.90 Å². The normalized spacial score (nSPS) is 11.6. The zero-order chi connectivity index (χ0) is 15.2. The van der Waals surface area contributed by atoms with Crippen molar-refractivity contribution < 1.29 is 13.2 Å². The maximum absolute atomic E-state index is 11.8. The third-order valence-electron chi connectivity index (χ3n) is 2.42. The number of carbonyl (C=O) groups excluding carboxylic acids is 1. The summed E-state index contributed by atoms with van der Waals surface area (Å²) in [6.07, 6.45) is 1.18. The number of hydrogen-bond donors (Lipinski definition) is 3. The highest BCUT2D eigenvalue weighted by Gasteiger charge is 2.14. The van der Waals surface area contributed by atoms with E-state index in [9.17, 15) is 18.0 Å². The minimum Gasteiger partial charge on any atom is -0.356 e. The molecular formula is C12H19N3O4S. The van der Waals surface area contributed by atoms with Crippen LogP contribution in [0.15, 0.2) is 28.0 Å². The van der Waals surface area contributed by atoms with E-state index in [1.54, 1.807) is 0 Å². The van der Waals surface area contributed by atoms with E-state index >= 15 is 0 Å². The number of amides is 1. The van der Waals surface area contributed by atoms with E-state index < -0.39 is 10.0 Å². The third-order valence-corrected chi connectivity index (χ3v) is 3.88. The van der Waals surface area contributed by atoms with E-state index in [1.807, 2.05) is 13.8 Å². The Balaban J connectivity index is 2.46. The van der Waals surface area contributed by atoms with E-state index in [-0.39, 0.29) is 29.3 Å². The van der Waals surface area contributed by atoms with Crippen molar-refractivity contribution in [2.24, 2.45) is 5.92 Å². The molecule has 7 nitrogen and oxygen atoms in total. The first-order chi connectivity index (χ1) is 9.31. The molecule has 0 unspecified atom stereocenters. The van der Waals surface area contributed by atoms with Gasteiger partial charge in [-0.2, -0.15) is 0 Å². The molecule has 0 aliphatic heterocycles. The smallest absolute Gasteiger partial charge is 0.247 e. The minimum atomic E-state index is -3.70. The molecule has 0 bridgehead atoms. The zero-order valence-electron chi connectivity index (χ0n) is 11.5. The molecule has 1 aromatic heterocycles. The molecule has 3 N–H and O–H groups in total. The van der Waals surface area contributed by atoms with Crippen LogP contribution >= 0.6 is 0 Å². The van der Waals surface area contributed by atoms with E-state index in [0.717, 1.165) is 12.3 Å². The van der Waals surface area contributed by atoms with E-state index in [1.165, 1.54) is 6.07 Å². The van der Waals surface area contributed by atoms with Crippen molar-refractivity contribution in [1.82, 2.24) is 15.0 Å². The fourth-order valence-corrected chi connectivity index (χ4v) is 2.35. The lowest BCUT2D eigenvalue weighted by molar-refractivity contribution is -0.121. The van der Waals surface area contributed by atoms with Crippen molar-refractivity contribution in [2.75, 3.05) is 13.1 Å². The molecule has 0 fully saturated rings. The molecule has 1 aromatic rings. The fraction of sp³-hybridized carbons (Fsp3) is 0.500. The van der Waals surface area contributed by atoms with Crippen molar-refractivity contribution in [2.45, 2.75) is 25.2 Å². The Morgan fingerprint density at radius 1 is 1.35 bits per heavy atom. The maximum Gasteiger partial charge on any atom is 0.247 e. The van der Waals surface area contributed by atoms with Crippen LogP contribution < -0.4 is 15.6 Å². The zero-order valence-corrected chi connectivity index (χ0v) is 12.3. The monoisotopic (exact) mass is 301 g/mol. The van der Waals surface area contributed by atoms with Crippen LogP contribution in [0.25, 0.3) is 0 Å². The molecule has 20 heavy (non-hydrogen) atoms. The molecule has 1 amide bonds. The SMILES string of the molecule is CC(C)CNC(=O)CCNS(=O)(=O)c1ccc(=O)[nH]c1. The van der Waals surface area contributed by atoms with E-state index in [0.29, 0.717) is 12.5 Å². The molecule has 1 heterocycles. The van der Waals surface area contributed by atoms with Gasteiger partial charge in [0.15, 0.2) is 0 Å². The lowest BCUT2D eigenvalue weighted by atomic mass is 10.2. The van der Waals surface area contributed by atoms with Crippen molar-refractivity contribution in [3.63, 3.8) is 0 Å². The molecule has 1 rings (SSSR count). The van der Waals surface area contributed by atoms with E-state index in [4.69, 9.17) is 0 Å². The Hall–Kier alpha value is -1.67. The summed E-state index contributed by atoms with van der Waals surface area (Å²) >= 11 is 0. The number of sulfonamides is 1. The molecule has 0 radical (unpaired) electrons. The number of aromatic amines is 1. The summed E-state index contributed by atoms with van der Waals surface area (Å²) in [7, 11) is -3.70. The van der Waals surface area contributed by atoms with Crippen LogP contribution in [-0.4, -0.2) is 32.4 Å². The van der Waals surface area contributed by atoms with Crippen LogP contribution in [0.5, 0.6) is 0 Å². The number of H-pyrrole nitrogens is 1. The third kappa shape index (κ3) is 5.54. The summed E-state index contributed by atoms with van der Waals surface area (Å²) in [5, 5.41) is 2.69. The molecular weight excluding hydrogens is 282 g/mol. The van der Waals surface area contributed by atoms with Gasteiger partial charge in [0, 0.05) is 31.8 Å². The topological polar surface area (TPSA) is 108 Å². The second-order valence-electron chi connectivity index (χ2n) is 4.73. The number of aromatic nitrogens is 1. The molecule has 0 atom stereocenters. The highest BCUT2D eigenvalue weighted by Crippen LogP contribution is 2.03. The Bertz CT molecular complexity index is 587. The lowest BCUT2D eigenvalue weighted by Crippen LogP contribution is -2.32. The molecule has 0 aliphatic carbocycles. The summed E-state index contributed by atoms with van der Waals surface area (Å²) in [6, 6.07) is 2.34. The van der Waals surface area contributed by atoms with Crippen LogP contribution in [0.3, 0.4) is 0 Å². The van der Waals surface area contributed by atoms with Crippen LogP contribution in [0.4, 0.5) is 0 Å². The number of nitrogens with one attached hydrogen (secondary N) is 3. The van der Waals surface area contributed by atoms with Gasteiger partial charge in [-0.25, -0.2) is 13.1 Å². The van der Waals surface area contributed by atoms with Gasteiger partial charge in [0.25, 0.3) is 0 Å². The van der Waals surface area contributed by atoms with Gasteiger partial charge in [-0.15, -0.1) is 0 Å². The second kappa shape index (κ2) is 7.20. The maximum atomic E-state index is 11.8. The molecule has 0 aliphatic rings. The Kier molecular flexibility index (Phi) is 5.90. The summed E-state index contributed by atoms with van der Waals surface area (Å²) in [5.74, 6) is 0.139. The van der Waals surface area contributed by atoms with Crippen molar-refractivity contribution in [3.05, 3.63) is 28.7 Å². The molecule has 8 heteroatoms. The Morgan fingerprint density at radius 2 is 2.05 bits per heavy atom. The average Bonchev–Trinajstić information content (AvgIpc) is 2.36. The van der Waals surface area contributed by atoms with Crippen molar-refractivity contribution >= 4 is 15.9 Å². The van der Waals surface area contributed by atoms with Crippen LogP contribution in [0, 0.1) is 5.92 Å². The van der Waals surface area contributed by atoms with Gasteiger partial charge in [0.2, 0.25) is 21.5 Å². The van der Waals surface area contributed by atoms with Crippen molar-refractivity contribution in [1.29, 1.82) is 0 Å². The first kappa shape index (κ1) is 16.4. The van der Waals surface area contributed by atoms with Gasteiger partial charge in [-0.05, 0) is 12.0 Å². The van der Waals surface area contributed by atoms with Crippen molar-refractivity contribution in [3.8, 4) is 0 Å². The molecule has 0 saturated heterocycles. The molecule has 0 spiro atoms.